The van der Waals surface area contributed by atoms with Crippen LogP contribution < -0.4 is 29.0 Å². The minimum atomic E-state index is 0. The van der Waals surface area contributed by atoms with Gasteiger partial charge in [-0.25, -0.2) is 4.98 Å². The van der Waals surface area contributed by atoms with Crippen molar-refractivity contribution in [2.24, 2.45) is 0 Å². The number of aromatic nitrogens is 1. The van der Waals surface area contributed by atoms with E-state index < -0.39 is 0 Å². The van der Waals surface area contributed by atoms with Crippen molar-refractivity contribution >= 4 is 11.6 Å². The predicted molar refractivity (Wildman–Crippen MR) is 32.6 cm³/mol. The van der Waals surface area contributed by atoms with E-state index in [-0.39, 0.29) is 24.0 Å². The molecule has 0 aromatic carbocycles. The molecule has 0 aliphatic rings. The fourth-order valence-corrected chi connectivity index (χ4v) is 0.680. The van der Waals surface area contributed by atoms with Gasteiger partial charge < -0.3 is 24.0 Å². The molecular weight excluding hydrogens is 248 g/mol. The summed E-state index contributed by atoms with van der Waals surface area (Å²) in [6, 6.07) is 5.83. The molecule has 0 saturated heterocycles. The van der Waals surface area contributed by atoms with Crippen molar-refractivity contribution in [3.8, 4) is 0 Å². The molecule has 0 amide bonds. The summed E-state index contributed by atoms with van der Waals surface area (Å²) in [5.74, 6) is 0.556. The van der Waals surface area contributed by atoms with E-state index in [2.05, 4.69) is 4.98 Å². The van der Waals surface area contributed by atoms with Crippen LogP contribution in [0.1, 0.15) is 5.69 Å². The van der Waals surface area contributed by atoms with E-state index in [0.717, 1.165) is 5.69 Å². The van der Waals surface area contributed by atoms with E-state index in [1.807, 2.05) is 24.4 Å². The maximum Gasteiger partial charge on any atom is 0.194 e. The van der Waals surface area contributed by atoms with Crippen LogP contribution in [-0.2, 0) is 5.88 Å². The minimum absolute atomic E-state index is 0. The van der Waals surface area contributed by atoms with Gasteiger partial charge in [0.05, 0.1) is 0 Å². The Morgan fingerprint density at radius 1 is 1.44 bits per heavy atom. The third-order valence-corrected chi connectivity index (χ3v) is 1.21. The van der Waals surface area contributed by atoms with Crippen molar-refractivity contribution in [2.75, 3.05) is 0 Å². The fourth-order valence-electron chi connectivity index (χ4n) is 0.514. The molecule has 0 aliphatic carbocycles. The quantitative estimate of drug-likeness (QED) is 0.417. The lowest BCUT2D eigenvalue weighted by atomic mass is 10.4. The summed E-state index contributed by atoms with van der Waals surface area (Å²) in [5, 5.41) is 0. The minimum Gasteiger partial charge on any atom is -1.00 e. The van der Waals surface area contributed by atoms with Crippen molar-refractivity contribution in [3.63, 3.8) is 0 Å². The van der Waals surface area contributed by atoms with E-state index in [1.165, 1.54) is 0 Å². The second-order valence-corrected chi connectivity index (χ2v) is 1.79. The summed E-state index contributed by atoms with van der Waals surface area (Å²) < 4.78 is 0. The van der Waals surface area contributed by atoms with Crippen molar-refractivity contribution in [3.05, 3.63) is 30.1 Å². The van der Waals surface area contributed by atoms with Gasteiger partial charge in [-0.2, -0.15) is 0 Å². The van der Waals surface area contributed by atoms with Gasteiger partial charge in [0.1, 0.15) is 5.88 Å². The lowest BCUT2D eigenvalue weighted by Gasteiger charge is -1.80. The topological polar surface area (TPSA) is 14.1 Å². The Morgan fingerprint density at radius 2 is 2.22 bits per heavy atom. The van der Waals surface area contributed by atoms with Crippen LogP contribution in [0, 0.1) is 0 Å². The Hall–Kier alpha value is 0.170. The van der Waals surface area contributed by atoms with E-state index in [9.17, 15) is 0 Å². The van der Waals surface area contributed by atoms with Gasteiger partial charge in [-0.3, -0.25) is 0 Å². The second-order valence-electron chi connectivity index (χ2n) is 1.52. The van der Waals surface area contributed by atoms with Crippen molar-refractivity contribution < 1.29 is 29.0 Å². The number of hydrogen-bond donors (Lipinski definition) is 0. The number of pyridine rings is 1. The van der Waals surface area contributed by atoms with Crippen LogP contribution in [0.3, 0.4) is 0 Å². The molecule has 1 N–H and O–H groups in total. The predicted octanol–water partition coefficient (Wildman–Crippen LogP) is -1.76. The second kappa shape index (κ2) is 4.99. The normalized spacial score (nSPS) is 8.11. The van der Waals surface area contributed by atoms with Crippen LogP contribution in [0.15, 0.2) is 24.4 Å². The van der Waals surface area contributed by atoms with Crippen LogP contribution in [-0.4, -0.2) is 0 Å². The largest absolute Gasteiger partial charge is 1.00 e. The molecule has 1 rings (SSSR count). The van der Waals surface area contributed by atoms with E-state index in [0.29, 0.717) is 5.88 Å². The lowest BCUT2D eigenvalue weighted by molar-refractivity contribution is -0.388. The third-order valence-electron chi connectivity index (χ3n) is 0.917. The summed E-state index contributed by atoms with van der Waals surface area (Å²) in [6.45, 7) is 0. The van der Waals surface area contributed by atoms with E-state index in [4.69, 9.17) is 11.6 Å². The molecule has 1 aromatic rings. The van der Waals surface area contributed by atoms with Gasteiger partial charge in [0.25, 0.3) is 0 Å². The highest BCUT2D eigenvalue weighted by atomic mass is 127. The molecule has 0 bridgehead atoms. The van der Waals surface area contributed by atoms with Crippen LogP contribution >= 0.6 is 11.6 Å². The first-order chi connectivity index (χ1) is 3.93. The van der Waals surface area contributed by atoms with E-state index >= 15 is 0 Å². The molecule has 0 fully saturated rings. The number of nitrogens with one attached hydrogen (secondary N) is 1. The van der Waals surface area contributed by atoms with Crippen molar-refractivity contribution in [1.82, 2.24) is 0 Å². The first-order valence-electron chi connectivity index (χ1n) is 2.45. The molecule has 1 heterocycles. The molecular formula is C6H7ClIN. The number of alkyl halides is 1. The lowest BCUT2D eigenvalue weighted by Crippen LogP contribution is -3.00. The first kappa shape index (κ1) is 9.17. The van der Waals surface area contributed by atoms with Gasteiger partial charge >= 0.3 is 0 Å². The molecule has 9 heavy (non-hydrogen) atoms. The van der Waals surface area contributed by atoms with Crippen LogP contribution in [0.4, 0.5) is 0 Å². The Labute approximate surface area is 76.5 Å². The summed E-state index contributed by atoms with van der Waals surface area (Å²) in [7, 11) is 0. The zero-order valence-electron chi connectivity index (χ0n) is 4.77. The number of halogens is 2. The highest BCUT2D eigenvalue weighted by Gasteiger charge is 1.91. The maximum absolute atomic E-state index is 5.50. The number of rotatable bonds is 1. The molecule has 0 spiro atoms. The molecule has 1 nitrogen and oxygen atoms in total. The van der Waals surface area contributed by atoms with Crippen LogP contribution in [0.25, 0.3) is 0 Å². The Kier molecular flexibility index (Phi) is 5.09. The van der Waals surface area contributed by atoms with Gasteiger partial charge in [0.15, 0.2) is 11.9 Å². The zero-order valence-corrected chi connectivity index (χ0v) is 7.69. The zero-order chi connectivity index (χ0) is 5.82. The maximum atomic E-state index is 5.50. The molecule has 0 unspecified atom stereocenters. The van der Waals surface area contributed by atoms with Crippen LogP contribution in [0.2, 0.25) is 0 Å². The molecule has 50 valence electrons. The summed E-state index contributed by atoms with van der Waals surface area (Å²) in [6.07, 6.45) is 1.86. The number of aromatic amines is 1. The fraction of sp³-hybridized carbons (Fsp3) is 0.167. The number of hydrogen-bond acceptors (Lipinski definition) is 0. The van der Waals surface area contributed by atoms with Crippen molar-refractivity contribution in [1.29, 1.82) is 0 Å². The average Bonchev–Trinajstić information content (AvgIpc) is 1.90. The van der Waals surface area contributed by atoms with Gasteiger partial charge in [-0.15, -0.1) is 11.6 Å². The van der Waals surface area contributed by atoms with Gasteiger partial charge in [-0.1, -0.05) is 6.07 Å². The third kappa shape index (κ3) is 3.01. The monoisotopic (exact) mass is 255 g/mol. The van der Waals surface area contributed by atoms with Gasteiger partial charge in [0, 0.05) is 12.1 Å². The highest BCUT2D eigenvalue weighted by Crippen LogP contribution is 1.91. The highest BCUT2D eigenvalue weighted by molar-refractivity contribution is 6.16. The van der Waals surface area contributed by atoms with Crippen molar-refractivity contribution in [2.45, 2.75) is 5.88 Å². The van der Waals surface area contributed by atoms with Gasteiger partial charge in [0.2, 0.25) is 0 Å². The van der Waals surface area contributed by atoms with E-state index in [1.54, 1.807) is 0 Å². The summed E-state index contributed by atoms with van der Waals surface area (Å²) in [5.41, 5.74) is 1.05. The SMILES string of the molecule is ClCc1cccc[nH+]1.[I-]. The summed E-state index contributed by atoms with van der Waals surface area (Å²) in [4.78, 5) is 2.99. The first-order valence-corrected chi connectivity index (χ1v) is 2.98. The Balaban J connectivity index is 0.000000640. The Morgan fingerprint density at radius 3 is 2.56 bits per heavy atom. The van der Waals surface area contributed by atoms with Crippen LogP contribution in [0.5, 0.6) is 0 Å². The molecule has 1 aromatic heterocycles. The molecule has 0 atom stereocenters. The standard InChI is InChI=1S/C6H6ClN.HI/c7-5-6-3-1-2-4-8-6;/h1-4H,5H2;1H. The molecule has 3 heteroatoms. The van der Waals surface area contributed by atoms with Gasteiger partial charge in [-0.05, 0) is 0 Å². The number of H-pyrrole nitrogens is 1. The Bertz CT molecular complexity index is 154. The average molecular weight is 255 g/mol. The molecule has 0 saturated carbocycles. The smallest absolute Gasteiger partial charge is 0.194 e. The molecule has 0 aliphatic heterocycles. The summed E-state index contributed by atoms with van der Waals surface area (Å²) >= 11 is 5.50. The molecule has 0 radical (unpaired) electrons.